The summed E-state index contributed by atoms with van der Waals surface area (Å²) >= 11 is 0. The molecule has 1 aromatic rings. The zero-order valence-electron chi connectivity index (χ0n) is 13.6. The lowest BCUT2D eigenvalue weighted by Gasteiger charge is -2.14. The first-order chi connectivity index (χ1) is 10.3. The summed E-state index contributed by atoms with van der Waals surface area (Å²) in [6.45, 7) is 2.12. The fourth-order valence-corrected chi connectivity index (χ4v) is 3.29. The number of hydrogen-bond donors (Lipinski definition) is 0. The third-order valence-corrected chi connectivity index (χ3v) is 4.67. The van der Waals surface area contributed by atoms with Gasteiger partial charge in [-0.15, -0.1) is 0 Å². The van der Waals surface area contributed by atoms with E-state index in [-0.39, 0.29) is 10.5 Å². The highest BCUT2D eigenvalue weighted by molar-refractivity contribution is 7.90. The van der Waals surface area contributed by atoms with Crippen LogP contribution < -0.4 is 4.74 Å². The van der Waals surface area contributed by atoms with Crippen molar-refractivity contribution in [2.75, 3.05) is 20.5 Å². The molecule has 0 radical (unpaired) electrons. The van der Waals surface area contributed by atoms with Crippen molar-refractivity contribution in [3.05, 3.63) is 23.3 Å². The molecule has 0 heterocycles. The van der Waals surface area contributed by atoms with E-state index in [1.807, 2.05) is 0 Å². The van der Waals surface area contributed by atoms with Crippen molar-refractivity contribution in [2.24, 2.45) is 0 Å². The predicted octanol–water partition coefficient (Wildman–Crippen LogP) is 3.01. The molecular formula is C16H24O5S. The number of aryl methyl sites for hydroxylation is 1. The third-order valence-electron chi connectivity index (χ3n) is 3.49. The quantitative estimate of drug-likeness (QED) is 0.542. The molecule has 1 aromatic carbocycles. The molecule has 0 saturated heterocycles. The first kappa shape index (κ1) is 18.5. The number of esters is 1. The number of hydrogen-bond acceptors (Lipinski definition) is 5. The van der Waals surface area contributed by atoms with E-state index in [0.29, 0.717) is 17.7 Å². The minimum absolute atomic E-state index is 0.128. The Morgan fingerprint density at radius 2 is 1.82 bits per heavy atom. The van der Waals surface area contributed by atoms with Crippen LogP contribution in [0.4, 0.5) is 0 Å². The monoisotopic (exact) mass is 328 g/mol. The second-order valence-electron chi connectivity index (χ2n) is 5.23. The van der Waals surface area contributed by atoms with Crippen LogP contribution in [0.3, 0.4) is 0 Å². The predicted molar refractivity (Wildman–Crippen MR) is 85.3 cm³/mol. The molecule has 5 nitrogen and oxygen atoms in total. The number of rotatable bonds is 8. The number of benzene rings is 1. The molecule has 0 unspecified atom stereocenters. The largest absolute Gasteiger partial charge is 0.496 e. The van der Waals surface area contributed by atoms with Gasteiger partial charge in [-0.3, -0.25) is 0 Å². The maximum atomic E-state index is 12.0. The summed E-state index contributed by atoms with van der Waals surface area (Å²) in [4.78, 5) is 12.0. The fourth-order valence-electron chi connectivity index (χ4n) is 2.32. The van der Waals surface area contributed by atoms with E-state index in [4.69, 9.17) is 4.74 Å². The summed E-state index contributed by atoms with van der Waals surface area (Å²) in [5, 5.41) is 0. The third kappa shape index (κ3) is 4.73. The topological polar surface area (TPSA) is 69.7 Å². The van der Waals surface area contributed by atoms with Gasteiger partial charge in [-0.05, 0) is 30.5 Å². The summed E-state index contributed by atoms with van der Waals surface area (Å²) in [7, 11) is -0.731. The molecule has 0 aliphatic rings. The van der Waals surface area contributed by atoms with Crippen molar-refractivity contribution in [1.82, 2.24) is 0 Å². The molecule has 0 atom stereocenters. The summed E-state index contributed by atoms with van der Waals surface area (Å²) < 4.78 is 33.9. The van der Waals surface area contributed by atoms with Gasteiger partial charge >= 0.3 is 5.97 Å². The van der Waals surface area contributed by atoms with E-state index >= 15 is 0 Å². The van der Waals surface area contributed by atoms with Crippen molar-refractivity contribution in [3.63, 3.8) is 0 Å². The Morgan fingerprint density at radius 3 is 2.32 bits per heavy atom. The molecule has 0 fully saturated rings. The Labute approximate surface area is 132 Å². The van der Waals surface area contributed by atoms with Crippen LogP contribution >= 0.6 is 0 Å². The molecule has 0 aromatic heterocycles. The maximum Gasteiger partial charge on any atom is 0.341 e. The van der Waals surface area contributed by atoms with Gasteiger partial charge in [0.15, 0.2) is 9.84 Å². The van der Waals surface area contributed by atoms with Crippen LogP contribution in [0.25, 0.3) is 0 Å². The first-order valence-electron chi connectivity index (χ1n) is 7.34. The normalized spacial score (nSPS) is 11.3. The number of sulfone groups is 1. The van der Waals surface area contributed by atoms with Crippen molar-refractivity contribution < 1.29 is 22.7 Å². The van der Waals surface area contributed by atoms with E-state index in [1.165, 1.54) is 20.3 Å². The number of unbranched alkanes of at least 4 members (excludes halogenated alkanes) is 3. The molecule has 0 aliphatic carbocycles. The molecule has 124 valence electrons. The molecule has 0 amide bonds. The van der Waals surface area contributed by atoms with Crippen LogP contribution in [0.2, 0.25) is 0 Å². The number of methoxy groups -OCH3 is 2. The fraction of sp³-hybridized carbons (Fsp3) is 0.562. The average Bonchev–Trinajstić information content (AvgIpc) is 2.49. The molecule has 6 heteroatoms. The zero-order valence-corrected chi connectivity index (χ0v) is 14.5. The molecular weight excluding hydrogens is 304 g/mol. The van der Waals surface area contributed by atoms with Crippen molar-refractivity contribution in [1.29, 1.82) is 0 Å². The van der Waals surface area contributed by atoms with E-state index in [1.54, 1.807) is 6.07 Å². The molecule has 0 aliphatic heterocycles. The summed E-state index contributed by atoms with van der Waals surface area (Å²) in [5.41, 5.74) is 0.811. The van der Waals surface area contributed by atoms with Gasteiger partial charge in [-0.25, -0.2) is 13.2 Å². The van der Waals surface area contributed by atoms with Gasteiger partial charge in [0.25, 0.3) is 0 Å². The highest BCUT2D eigenvalue weighted by Crippen LogP contribution is 2.28. The van der Waals surface area contributed by atoms with Crippen molar-refractivity contribution >= 4 is 15.8 Å². The smallest absolute Gasteiger partial charge is 0.341 e. The molecule has 0 spiro atoms. The second-order valence-corrected chi connectivity index (χ2v) is 7.22. The van der Waals surface area contributed by atoms with E-state index in [9.17, 15) is 13.2 Å². The molecule has 1 rings (SSSR count). The Hall–Kier alpha value is -1.56. The van der Waals surface area contributed by atoms with E-state index in [0.717, 1.165) is 31.9 Å². The van der Waals surface area contributed by atoms with E-state index in [2.05, 4.69) is 11.7 Å². The number of ether oxygens (including phenoxy) is 2. The summed E-state index contributed by atoms with van der Waals surface area (Å²) in [6, 6.07) is 2.99. The lowest BCUT2D eigenvalue weighted by Crippen LogP contribution is -2.10. The Kier molecular flexibility index (Phi) is 6.87. The Bertz CT molecular complexity index is 620. The first-order valence-corrected chi connectivity index (χ1v) is 9.23. The minimum Gasteiger partial charge on any atom is -0.496 e. The summed E-state index contributed by atoms with van der Waals surface area (Å²) in [5.74, 6) is -0.274. The van der Waals surface area contributed by atoms with Crippen LogP contribution in [0, 0.1) is 0 Å². The lowest BCUT2D eigenvalue weighted by atomic mass is 10.0. The van der Waals surface area contributed by atoms with Crippen LogP contribution in [-0.2, 0) is 21.0 Å². The number of carbonyl (C=O) groups excluding carboxylic acids is 1. The van der Waals surface area contributed by atoms with Gasteiger partial charge in [0.2, 0.25) is 0 Å². The number of carbonyl (C=O) groups is 1. The van der Waals surface area contributed by atoms with Gasteiger partial charge in [-0.1, -0.05) is 26.2 Å². The molecule has 0 bridgehead atoms. The van der Waals surface area contributed by atoms with Gasteiger partial charge in [0, 0.05) is 6.26 Å². The average molecular weight is 328 g/mol. The Balaban J connectivity index is 3.26. The maximum absolute atomic E-state index is 12.0. The second kappa shape index (κ2) is 8.17. The highest BCUT2D eigenvalue weighted by atomic mass is 32.2. The summed E-state index contributed by atoms with van der Waals surface area (Å²) in [6.07, 6.45) is 5.96. The van der Waals surface area contributed by atoms with Crippen LogP contribution in [0.15, 0.2) is 17.0 Å². The lowest BCUT2D eigenvalue weighted by molar-refractivity contribution is 0.0596. The van der Waals surface area contributed by atoms with Gasteiger partial charge in [0.1, 0.15) is 11.3 Å². The van der Waals surface area contributed by atoms with Gasteiger partial charge in [0.05, 0.1) is 19.1 Å². The molecule has 22 heavy (non-hydrogen) atoms. The van der Waals surface area contributed by atoms with Crippen LogP contribution in [0.1, 0.15) is 48.5 Å². The molecule has 0 N–H and O–H groups in total. The zero-order chi connectivity index (χ0) is 16.8. The van der Waals surface area contributed by atoms with Crippen molar-refractivity contribution in [2.45, 2.75) is 43.9 Å². The van der Waals surface area contributed by atoms with E-state index < -0.39 is 15.8 Å². The highest BCUT2D eigenvalue weighted by Gasteiger charge is 2.21. The Morgan fingerprint density at radius 1 is 1.14 bits per heavy atom. The van der Waals surface area contributed by atoms with Crippen molar-refractivity contribution in [3.8, 4) is 5.75 Å². The molecule has 0 saturated carbocycles. The SMILES string of the molecule is CCCCCCc1cc(OC)c(C(=O)OC)cc1S(C)(=O)=O. The van der Waals surface area contributed by atoms with Crippen LogP contribution in [-0.4, -0.2) is 34.9 Å². The van der Waals surface area contributed by atoms with Crippen LogP contribution in [0.5, 0.6) is 5.75 Å². The van der Waals surface area contributed by atoms with Gasteiger partial charge < -0.3 is 9.47 Å². The minimum atomic E-state index is -3.43. The standard InChI is InChI=1S/C16H24O5S/c1-5-6-7-8-9-12-10-14(20-2)13(16(17)21-3)11-15(12)22(4,18)19/h10-11H,5-9H2,1-4H3. The van der Waals surface area contributed by atoms with Gasteiger partial charge in [-0.2, -0.15) is 0 Å².